The van der Waals surface area contributed by atoms with Gasteiger partial charge < -0.3 is 5.73 Å². The predicted octanol–water partition coefficient (Wildman–Crippen LogP) is 1.77. The number of hydrogen-bond donors (Lipinski definition) is 1. The molecule has 1 aliphatic rings. The van der Waals surface area contributed by atoms with Gasteiger partial charge in [0.25, 0.3) is 0 Å². The number of nitrogens with two attached hydrogens (primary N) is 1. The van der Waals surface area contributed by atoms with E-state index in [-0.39, 0.29) is 0 Å². The van der Waals surface area contributed by atoms with Crippen molar-refractivity contribution >= 4 is 0 Å². The standard InChI is InChI=1S/C8H17N/c1-6-3-4-7(2)8(9)5-6/h6-8H,3-5,9H2,1-2H3/t6-,7-,8+/m0/s1. The van der Waals surface area contributed by atoms with Crippen LogP contribution in [0.15, 0.2) is 0 Å². The van der Waals surface area contributed by atoms with E-state index in [2.05, 4.69) is 13.8 Å². The van der Waals surface area contributed by atoms with Gasteiger partial charge in [-0.1, -0.05) is 20.3 Å². The summed E-state index contributed by atoms with van der Waals surface area (Å²) in [6.45, 7) is 4.56. The molecule has 3 atom stereocenters. The highest BCUT2D eigenvalue weighted by Gasteiger charge is 2.21. The van der Waals surface area contributed by atoms with Gasteiger partial charge in [0.1, 0.15) is 0 Å². The Labute approximate surface area is 57.6 Å². The molecule has 0 unspecified atom stereocenters. The molecule has 0 aromatic heterocycles. The Morgan fingerprint density at radius 2 is 1.89 bits per heavy atom. The molecule has 0 saturated heterocycles. The van der Waals surface area contributed by atoms with Crippen molar-refractivity contribution in [2.75, 3.05) is 0 Å². The van der Waals surface area contributed by atoms with E-state index >= 15 is 0 Å². The number of rotatable bonds is 0. The topological polar surface area (TPSA) is 26.0 Å². The van der Waals surface area contributed by atoms with Crippen molar-refractivity contribution in [1.82, 2.24) is 0 Å². The Morgan fingerprint density at radius 3 is 2.33 bits per heavy atom. The van der Waals surface area contributed by atoms with Crippen molar-refractivity contribution in [3.05, 3.63) is 0 Å². The summed E-state index contributed by atoms with van der Waals surface area (Å²) in [6.07, 6.45) is 3.96. The molecule has 1 heteroatoms. The monoisotopic (exact) mass is 127 g/mol. The third kappa shape index (κ3) is 1.68. The summed E-state index contributed by atoms with van der Waals surface area (Å²) >= 11 is 0. The SMILES string of the molecule is C[C@H]1CC[C@H](C)[C@H](N)C1. The fraction of sp³-hybridized carbons (Fsp3) is 1.00. The van der Waals surface area contributed by atoms with Crippen LogP contribution in [0.2, 0.25) is 0 Å². The van der Waals surface area contributed by atoms with E-state index in [9.17, 15) is 0 Å². The van der Waals surface area contributed by atoms with E-state index < -0.39 is 0 Å². The lowest BCUT2D eigenvalue weighted by molar-refractivity contribution is 0.266. The molecule has 9 heavy (non-hydrogen) atoms. The van der Waals surface area contributed by atoms with Crippen molar-refractivity contribution < 1.29 is 0 Å². The molecule has 0 aliphatic heterocycles. The maximum Gasteiger partial charge on any atom is 0.00670 e. The van der Waals surface area contributed by atoms with Gasteiger partial charge in [0, 0.05) is 6.04 Å². The summed E-state index contributed by atoms with van der Waals surface area (Å²) in [5.41, 5.74) is 5.87. The predicted molar refractivity (Wildman–Crippen MR) is 40.2 cm³/mol. The zero-order valence-electron chi connectivity index (χ0n) is 6.43. The van der Waals surface area contributed by atoms with Gasteiger partial charge in [0.05, 0.1) is 0 Å². The van der Waals surface area contributed by atoms with Gasteiger partial charge in [-0.2, -0.15) is 0 Å². The zero-order valence-corrected chi connectivity index (χ0v) is 6.43. The summed E-state index contributed by atoms with van der Waals surface area (Å²) in [6, 6.07) is 0.480. The molecule has 0 bridgehead atoms. The largest absolute Gasteiger partial charge is 0.327 e. The van der Waals surface area contributed by atoms with Gasteiger partial charge in [-0.3, -0.25) is 0 Å². The van der Waals surface area contributed by atoms with E-state index in [0.717, 1.165) is 11.8 Å². The van der Waals surface area contributed by atoms with Crippen LogP contribution in [-0.2, 0) is 0 Å². The molecule has 2 N–H and O–H groups in total. The Hall–Kier alpha value is -0.0400. The quantitative estimate of drug-likeness (QED) is 0.527. The Morgan fingerprint density at radius 1 is 1.22 bits per heavy atom. The molecule has 54 valence electrons. The first-order valence-electron chi connectivity index (χ1n) is 3.95. The third-order valence-electron chi connectivity index (χ3n) is 2.52. The normalized spacial score (nSPS) is 45.0. The smallest absolute Gasteiger partial charge is 0.00670 e. The van der Waals surface area contributed by atoms with Gasteiger partial charge in [-0.05, 0) is 24.7 Å². The van der Waals surface area contributed by atoms with Crippen molar-refractivity contribution in [2.45, 2.75) is 39.2 Å². The minimum Gasteiger partial charge on any atom is -0.327 e. The second-order valence-electron chi connectivity index (χ2n) is 3.56. The summed E-state index contributed by atoms with van der Waals surface area (Å²) in [4.78, 5) is 0. The Bertz CT molecular complexity index is 90.6. The van der Waals surface area contributed by atoms with Crippen molar-refractivity contribution in [3.63, 3.8) is 0 Å². The summed E-state index contributed by atoms with van der Waals surface area (Å²) < 4.78 is 0. The van der Waals surface area contributed by atoms with Gasteiger partial charge >= 0.3 is 0 Å². The maximum absolute atomic E-state index is 5.87. The van der Waals surface area contributed by atoms with Gasteiger partial charge in [-0.15, -0.1) is 0 Å². The average Bonchev–Trinajstić information content (AvgIpc) is 1.80. The van der Waals surface area contributed by atoms with E-state index in [4.69, 9.17) is 5.73 Å². The lowest BCUT2D eigenvalue weighted by Gasteiger charge is -2.29. The van der Waals surface area contributed by atoms with E-state index in [1.165, 1.54) is 19.3 Å². The van der Waals surface area contributed by atoms with Crippen molar-refractivity contribution in [3.8, 4) is 0 Å². The molecule has 0 amide bonds. The van der Waals surface area contributed by atoms with E-state index in [0.29, 0.717) is 6.04 Å². The molecule has 1 aliphatic carbocycles. The lowest BCUT2D eigenvalue weighted by Crippen LogP contribution is -2.34. The first-order chi connectivity index (χ1) is 4.20. The average molecular weight is 127 g/mol. The number of hydrogen-bond acceptors (Lipinski definition) is 1. The van der Waals surface area contributed by atoms with Crippen LogP contribution in [0.25, 0.3) is 0 Å². The summed E-state index contributed by atoms with van der Waals surface area (Å²) in [7, 11) is 0. The second-order valence-corrected chi connectivity index (χ2v) is 3.56. The maximum atomic E-state index is 5.87. The van der Waals surface area contributed by atoms with E-state index in [1.54, 1.807) is 0 Å². The van der Waals surface area contributed by atoms with Crippen LogP contribution in [0.4, 0.5) is 0 Å². The van der Waals surface area contributed by atoms with Crippen LogP contribution >= 0.6 is 0 Å². The Kier molecular flexibility index (Phi) is 2.12. The molecule has 0 heterocycles. The summed E-state index contributed by atoms with van der Waals surface area (Å²) in [5, 5.41) is 0. The summed E-state index contributed by atoms with van der Waals surface area (Å²) in [5.74, 6) is 1.64. The lowest BCUT2D eigenvalue weighted by atomic mass is 9.81. The van der Waals surface area contributed by atoms with Gasteiger partial charge in [-0.25, -0.2) is 0 Å². The second kappa shape index (κ2) is 2.70. The molecule has 1 saturated carbocycles. The molecule has 1 fully saturated rings. The van der Waals surface area contributed by atoms with Crippen molar-refractivity contribution in [2.24, 2.45) is 17.6 Å². The van der Waals surface area contributed by atoms with Gasteiger partial charge in [0.15, 0.2) is 0 Å². The van der Waals surface area contributed by atoms with E-state index in [1.807, 2.05) is 0 Å². The first-order valence-corrected chi connectivity index (χ1v) is 3.95. The van der Waals surface area contributed by atoms with Crippen LogP contribution in [-0.4, -0.2) is 6.04 Å². The first kappa shape index (κ1) is 7.07. The fourth-order valence-electron chi connectivity index (χ4n) is 1.58. The molecular weight excluding hydrogens is 110 g/mol. The highest BCUT2D eigenvalue weighted by atomic mass is 14.7. The highest BCUT2D eigenvalue weighted by Crippen LogP contribution is 2.26. The van der Waals surface area contributed by atoms with Crippen LogP contribution in [0.5, 0.6) is 0 Å². The molecular formula is C8H17N. The fourth-order valence-corrected chi connectivity index (χ4v) is 1.58. The molecule has 0 aromatic carbocycles. The van der Waals surface area contributed by atoms with Crippen LogP contribution in [0, 0.1) is 11.8 Å². The molecule has 0 aromatic rings. The highest BCUT2D eigenvalue weighted by molar-refractivity contribution is 4.77. The van der Waals surface area contributed by atoms with Gasteiger partial charge in [0.2, 0.25) is 0 Å². The molecule has 0 radical (unpaired) electrons. The third-order valence-corrected chi connectivity index (χ3v) is 2.52. The molecule has 1 rings (SSSR count). The molecule has 1 nitrogen and oxygen atoms in total. The van der Waals surface area contributed by atoms with Crippen LogP contribution in [0.1, 0.15) is 33.1 Å². The van der Waals surface area contributed by atoms with Crippen LogP contribution < -0.4 is 5.73 Å². The molecule has 0 spiro atoms. The Balaban J connectivity index is 2.35. The van der Waals surface area contributed by atoms with Crippen molar-refractivity contribution in [1.29, 1.82) is 0 Å². The minimum atomic E-state index is 0.480. The van der Waals surface area contributed by atoms with Crippen LogP contribution in [0.3, 0.4) is 0 Å². The minimum absolute atomic E-state index is 0.480. The zero-order chi connectivity index (χ0) is 6.85.